The molecule has 2 heteroatoms. The van der Waals surface area contributed by atoms with Gasteiger partial charge in [-0.15, -0.1) is 0 Å². The second-order valence-electron chi connectivity index (χ2n) is 5.59. The highest BCUT2D eigenvalue weighted by Crippen LogP contribution is 2.08. The van der Waals surface area contributed by atoms with Gasteiger partial charge in [-0.2, -0.15) is 0 Å². The molecule has 108 valence electrons. The van der Waals surface area contributed by atoms with Gasteiger partial charge in [-0.3, -0.25) is 0 Å². The predicted molar refractivity (Wildman–Crippen MR) is 84.5 cm³/mol. The van der Waals surface area contributed by atoms with Gasteiger partial charge in [-0.25, -0.2) is 0 Å². The second kappa shape index (κ2) is 9.11. The molecule has 1 atom stereocenters. The Labute approximate surface area is 119 Å². The van der Waals surface area contributed by atoms with Crippen LogP contribution < -0.4 is 5.73 Å². The van der Waals surface area contributed by atoms with E-state index in [1.165, 1.54) is 30.4 Å². The van der Waals surface area contributed by atoms with Crippen molar-refractivity contribution in [2.24, 2.45) is 11.7 Å². The predicted octanol–water partition coefficient (Wildman–Crippen LogP) is 3.10. The first-order valence-electron chi connectivity index (χ1n) is 7.66. The van der Waals surface area contributed by atoms with Gasteiger partial charge in [0.15, 0.2) is 0 Å². The van der Waals surface area contributed by atoms with Crippen molar-refractivity contribution in [3.63, 3.8) is 0 Å². The summed E-state index contributed by atoms with van der Waals surface area (Å²) in [5.41, 5.74) is 8.65. The van der Waals surface area contributed by atoms with E-state index in [1.807, 2.05) is 0 Å². The Morgan fingerprint density at radius 1 is 1.05 bits per heavy atom. The van der Waals surface area contributed by atoms with E-state index in [0.717, 1.165) is 26.1 Å². The fourth-order valence-electron chi connectivity index (χ4n) is 2.38. The molecular weight excluding hydrogens is 232 g/mol. The van der Waals surface area contributed by atoms with Crippen LogP contribution in [0.4, 0.5) is 0 Å². The van der Waals surface area contributed by atoms with Crippen molar-refractivity contribution in [1.29, 1.82) is 0 Å². The second-order valence-corrected chi connectivity index (χ2v) is 5.59. The van der Waals surface area contributed by atoms with Crippen LogP contribution in [0.3, 0.4) is 0 Å². The smallest absolute Gasteiger partial charge is 0.00189 e. The number of hydrogen-bond acceptors (Lipinski definition) is 2. The molecule has 0 saturated carbocycles. The third-order valence-corrected chi connectivity index (χ3v) is 3.82. The van der Waals surface area contributed by atoms with Crippen molar-refractivity contribution in [1.82, 2.24) is 4.90 Å². The summed E-state index contributed by atoms with van der Waals surface area (Å²) in [5.74, 6) is 0.636. The van der Waals surface area contributed by atoms with E-state index >= 15 is 0 Å². The zero-order valence-electron chi connectivity index (χ0n) is 12.9. The van der Waals surface area contributed by atoms with Crippen molar-refractivity contribution < 1.29 is 0 Å². The summed E-state index contributed by atoms with van der Waals surface area (Å²) in [6, 6.07) is 9.10. The summed E-state index contributed by atoms with van der Waals surface area (Å²) in [6.45, 7) is 7.47. The van der Waals surface area contributed by atoms with Crippen LogP contribution in [0.15, 0.2) is 24.3 Å². The summed E-state index contributed by atoms with van der Waals surface area (Å²) >= 11 is 0. The van der Waals surface area contributed by atoms with Gasteiger partial charge in [0.25, 0.3) is 0 Å². The van der Waals surface area contributed by atoms with Crippen LogP contribution in [0.25, 0.3) is 0 Å². The van der Waals surface area contributed by atoms with Gasteiger partial charge in [-0.1, -0.05) is 51.0 Å². The number of rotatable bonds is 9. The highest BCUT2D eigenvalue weighted by Gasteiger charge is 2.07. The number of likely N-dealkylation sites (N-methyl/N-ethyl adjacent to an activating group) is 1. The zero-order valence-corrected chi connectivity index (χ0v) is 12.9. The van der Waals surface area contributed by atoms with E-state index in [4.69, 9.17) is 5.73 Å². The Morgan fingerprint density at radius 3 is 2.11 bits per heavy atom. The molecule has 1 unspecified atom stereocenters. The third kappa shape index (κ3) is 6.22. The van der Waals surface area contributed by atoms with Crippen molar-refractivity contribution in [2.75, 3.05) is 26.7 Å². The summed E-state index contributed by atoms with van der Waals surface area (Å²) in [5, 5.41) is 0. The Morgan fingerprint density at radius 2 is 1.63 bits per heavy atom. The number of hydrogen-bond donors (Lipinski definition) is 1. The average Bonchev–Trinajstić information content (AvgIpc) is 2.44. The average molecular weight is 262 g/mol. The maximum atomic E-state index is 5.76. The van der Waals surface area contributed by atoms with Gasteiger partial charge < -0.3 is 10.6 Å². The molecule has 1 rings (SSSR count). The van der Waals surface area contributed by atoms with Crippen molar-refractivity contribution in [3.05, 3.63) is 35.4 Å². The van der Waals surface area contributed by atoms with Gasteiger partial charge in [0.05, 0.1) is 0 Å². The van der Waals surface area contributed by atoms with Crippen molar-refractivity contribution in [2.45, 2.75) is 39.5 Å². The molecule has 0 fully saturated rings. The normalized spacial score (nSPS) is 12.9. The maximum Gasteiger partial charge on any atom is 0.00189 e. The summed E-state index contributed by atoms with van der Waals surface area (Å²) < 4.78 is 0. The van der Waals surface area contributed by atoms with E-state index in [2.05, 4.69) is 50.1 Å². The number of aryl methyl sites for hydroxylation is 1. The Balaban J connectivity index is 2.35. The molecule has 0 heterocycles. The molecule has 1 aromatic carbocycles. The van der Waals surface area contributed by atoms with Crippen molar-refractivity contribution >= 4 is 0 Å². The van der Waals surface area contributed by atoms with Crippen LogP contribution >= 0.6 is 0 Å². The fraction of sp³-hybridized carbons (Fsp3) is 0.647. The molecule has 0 aliphatic carbocycles. The molecule has 0 bridgehead atoms. The minimum atomic E-state index is 0.636. The van der Waals surface area contributed by atoms with Gasteiger partial charge in [0.2, 0.25) is 0 Å². The molecule has 0 amide bonds. The first-order valence-corrected chi connectivity index (χ1v) is 7.66. The van der Waals surface area contributed by atoms with Gasteiger partial charge >= 0.3 is 0 Å². The minimum Gasteiger partial charge on any atom is -0.330 e. The van der Waals surface area contributed by atoms with Crippen LogP contribution in [0.5, 0.6) is 0 Å². The first kappa shape index (κ1) is 16.2. The minimum absolute atomic E-state index is 0.636. The largest absolute Gasteiger partial charge is 0.330 e. The SMILES string of the molecule is CCCc1ccc(CCN(C)CC(CC)CN)cc1. The molecule has 0 aliphatic heterocycles. The van der Waals surface area contributed by atoms with E-state index in [0.29, 0.717) is 5.92 Å². The quantitative estimate of drug-likeness (QED) is 0.741. The zero-order chi connectivity index (χ0) is 14.1. The molecule has 0 spiro atoms. The standard InChI is InChI=1S/C17H30N2/c1-4-6-16-7-9-17(10-8-16)11-12-19(3)14-15(5-2)13-18/h7-10,15H,4-6,11-14,18H2,1-3H3. The molecule has 0 radical (unpaired) electrons. The highest BCUT2D eigenvalue weighted by atomic mass is 15.1. The van der Waals surface area contributed by atoms with E-state index < -0.39 is 0 Å². The van der Waals surface area contributed by atoms with Crippen LogP contribution in [0.2, 0.25) is 0 Å². The molecule has 0 aliphatic rings. The van der Waals surface area contributed by atoms with E-state index in [-0.39, 0.29) is 0 Å². The number of nitrogens with zero attached hydrogens (tertiary/aromatic N) is 1. The lowest BCUT2D eigenvalue weighted by atomic mass is 10.0. The number of nitrogens with two attached hydrogens (primary N) is 1. The third-order valence-electron chi connectivity index (χ3n) is 3.82. The van der Waals surface area contributed by atoms with E-state index in [1.54, 1.807) is 0 Å². The fourth-order valence-corrected chi connectivity index (χ4v) is 2.38. The van der Waals surface area contributed by atoms with E-state index in [9.17, 15) is 0 Å². The first-order chi connectivity index (χ1) is 9.19. The topological polar surface area (TPSA) is 29.3 Å². The lowest BCUT2D eigenvalue weighted by molar-refractivity contribution is 0.277. The van der Waals surface area contributed by atoms with Crippen LogP contribution in [-0.2, 0) is 12.8 Å². The lowest BCUT2D eigenvalue weighted by Gasteiger charge is -2.22. The molecule has 2 nitrogen and oxygen atoms in total. The maximum absolute atomic E-state index is 5.76. The lowest BCUT2D eigenvalue weighted by Crippen LogP contribution is -2.31. The summed E-state index contributed by atoms with van der Waals surface area (Å²) in [4.78, 5) is 2.40. The van der Waals surface area contributed by atoms with Gasteiger partial charge in [-0.05, 0) is 43.5 Å². The van der Waals surface area contributed by atoms with Crippen LogP contribution in [-0.4, -0.2) is 31.6 Å². The summed E-state index contributed by atoms with van der Waals surface area (Å²) in [6.07, 6.45) is 4.71. The highest BCUT2D eigenvalue weighted by molar-refractivity contribution is 5.22. The van der Waals surface area contributed by atoms with Crippen molar-refractivity contribution in [3.8, 4) is 0 Å². The Bertz CT molecular complexity index is 328. The molecule has 0 saturated heterocycles. The molecular formula is C17H30N2. The molecule has 19 heavy (non-hydrogen) atoms. The van der Waals surface area contributed by atoms with Gasteiger partial charge in [0, 0.05) is 13.1 Å². The Kier molecular flexibility index (Phi) is 7.76. The van der Waals surface area contributed by atoms with Gasteiger partial charge in [0.1, 0.15) is 0 Å². The molecule has 1 aromatic rings. The van der Waals surface area contributed by atoms with Crippen LogP contribution in [0, 0.1) is 5.92 Å². The molecule has 0 aromatic heterocycles. The monoisotopic (exact) mass is 262 g/mol. The Hall–Kier alpha value is -0.860. The number of benzene rings is 1. The summed E-state index contributed by atoms with van der Waals surface area (Å²) in [7, 11) is 2.20. The molecule has 2 N–H and O–H groups in total. The van der Waals surface area contributed by atoms with Crippen LogP contribution in [0.1, 0.15) is 37.8 Å².